The summed E-state index contributed by atoms with van der Waals surface area (Å²) in [7, 11) is 6.11. The Morgan fingerprint density at radius 1 is 0.579 bits per heavy atom. The van der Waals surface area contributed by atoms with Crippen LogP contribution in [0.5, 0.6) is 0 Å². The van der Waals surface area contributed by atoms with Gasteiger partial charge in [0.1, 0.15) is 77.9 Å². The van der Waals surface area contributed by atoms with Gasteiger partial charge in [0, 0.05) is 42.0 Å². The average Bonchev–Trinajstić information content (AvgIpc) is 3.25. The van der Waals surface area contributed by atoms with Crippen molar-refractivity contribution in [1.82, 2.24) is 0 Å². The fourth-order valence-electron chi connectivity index (χ4n) is 6.11. The molecule has 5 heterocycles. The Balaban J connectivity index is 0.000000193. The monoisotopic (exact) mass is 780 g/mol. The highest BCUT2D eigenvalue weighted by Gasteiger charge is 2.17. The van der Waals surface area contributed by atoms with Gasteiger partial charge in [0.25, 0.3) is 0 Å². The maximum Gasteiger partial charge on any atom is 0.168 e. The minimum atomic E-state index is 0.177. The van der Waals surface area contributed by atoms with E-state index >= 15 is 0 Å². The van der Waals surface area contributed by atoms with Gasteiger partial charge in [-0.15, -0.1) is 0 Å². The summed E-state index contributed by atoms with van der Waals surface area (Å²) < 4.78 is 38.8. The van der Waals surface area contributed by atoms with Crippen LogP contribution in [-0.2, 0) is 68.8 Å². The third-order valence-corrected chi connectivity index (χ3v) is 9.57. The number of hydrogen-bond acceptors (Lipinski definition) is 6. The number of unbranched alkanes of at least 4 members (excludes halogenated alkanes) is 3. The standard InChI is InChI=1S/C20H24NO2.C14H20NO2.C14H22NO2/c1-21-13-11-17(12-14-21)7-5-6-10-19-15-23-20(16-22-19)18-8-3-2-4-9-18;1-15-8-6-13(7-9-15)4-2-3-5-14-12-16-10-11-17-14;1-3-16-12-13-17-11-5-4-6-14-7-9-15(2)10-8-14/h2-4,8-9,11-14,16,19H,5-7,10,15H2,1H3;6-11,14H,2-5,12H2,1H3;7-10,12-13H,3-6,11H2,1-2H3/q3*+1/b;;13-12+. The lowest BCUT2D eigenvalue weighted by Gasteiger charge is -2.24. The molecule has 0 saturated carbocycles. The molecule has 57 heavy (non-hydrogen) atoms. The van der Waals surface area contributed by atoms with Gasteiger partial charge in [0.05, 0.1) is 13.2 Å². The van der Waals surface area contributed by atoms with Crippen LogP contribution in [0, 0.1) is 0 Å². The Morgan fingerprint density at radius 2 is 1.09 bits per heavy atom. The number of nitrogens with zero attached hydrogens (tertiary/aromatic N) is 3. The third kappa shape index (κ3) is 19.4. The summed E-state index contributed by atoms with van der Waals surface area (Å²) in [6.45, 7) is 4.72. The van der Waals surface area contributed by atoms with Crippen LogP contribution in [0.4, 0.5) is 0 Å². The summed E-state index contributed by atoms with van der Waals surface area (Å²) in [6.07, 6.45) is 33.6. The second kappa shape index (κ2) is 27.3. The Hall–Kier alpha value is -5.31. The second-order valence-electron chi connectivity index (χ2n) is 14.4. The molecule has 0 bridgehead atoms. The van der Waals surface area contributed by atoms with Crippen molar-refractivity contribution in [1.29, 1.82) is 0 Å². The molecule has 3 aromatic heterocycles. The van der Waals surface area contributed by atoms with E-state index in [2.05, 4.69) is 82.7 Å². The van der Waals surface area contributed by atoms with Crippen LogP contribution in [0.2, 0.25) is 0 Å². The number of aryl methyl sites for hydroxylation is 6. The van der Waals surface area contributed by atoms with Gasteiger partial charge in [-0.25, -0.2) is 13.7 Å². The summed E-state index contributed by atoms with van der Waals surface area (Å²) in [5, 5.41) is 0. The molecule has 6 rings (SSSR count). The van der Waals surface area contributed by atoms with Crippen LogP contribution in [0.3, 0.4) is 0 Å². The molecule has 2 unspecified atom stereocenters. The van der Waals surface area contributed by atoms with Gasteiger partial charge in [0.15, 0.2) is 42.9 Å². The van der Waals surface area contributed by atoms with Crippen molar-refractivity contribution in [3.63, 3.8) is 0 Å². The first-order chi connectivity index (χ1) is 28.0. The highest BCUT2D eigenvalue weighted by molar-refractivity contribution is 5.58. The molecule has 2 aliphatic heterocycles. The highest BCUT2D eigenvalue weighted by atomic mass is 16.6. The normalized spacial score (nSPS) is 15.6. The van der Waals surface area contributed by atoms with E-state index in [0.29, 0.717) is 19.8 Å². The van der Waals surface area contributed by atoms with E-state index in [4.69, 9.17) is 28.4 Å². The van der Waals surface area contributed by atoms with Gasteiger partial charge in [0.2, 0.25) is 0 Å². The van der Waals surface area contributed by atoms with Crippen molar-refractivity contribution in [3.05, 3.63) is 157 Å². The first-order valence-electron chi connectivity index (χ1n) is 20.6. The maximum atomic E-state index is 5.84. The van der Waals surface area contributed by atoms with Crippen molar-refractivity contribution in [2.75, 3.05) is 26.4 Å². The Morgan fingerprint density at radius 3 is 1.56 bits per heavy atom. The lowest BCUT2D eigenvalue weighted by atomic mass is 10.1. The summed E-state index contributed by atoms with van der Waals surface area (Å²) >= 11 is 0. The molecule has 9 heteroatoms. The maximum absolute atomic E-state index is 5.84. The predicted octanol–water partition coefficient (Wildman–Crippen LogP) is 8.11. The number of ether oxygens (including phenoxy) is 6. The fourth-order valence-corrected chi connectivity index (χ4v) is 6.11. The van der Waals surface area contributed by atoms with Crippen molar-refractivity contribution in [2.24, 2.45) is 21.1 Å². The topological polar surface area (TPSA) is 67.0 Å². The molecule has 0 aliphatic carbocycles. The number of aromatic nitrogens is 3. The zero-order chi connectivity index (χ0) is 40.2. The van der Waals surface area contributed by atoms with E-state index in [1.807, 2.05) is 63.0 Å². The second-order valence-corrected chi connectivity index (χ2v) is 14.4. The van der Waals surface area contributed by atoms with Gasteiger partial charge in [-0.2, -0.15) is 0 Å². The minimum Gasteiger partial charge on any atom is -0.498 e. The lowest BCUT2D eigenvalue weighted by molar-refractivity contribution is -0.671. The first kappa shape index (κ1) is 44.4. The van der Waals surface area contributed by atoms with Crippen molar-refractivity contribution >= 4 is 5.76 Å². The highest BCUT2D eigenvalue weighted by Crippen LogP contribution is 2.23. The van der Waals surface area contributed by atoms with Gasteiger partial charge in [-0.3, -0.25) is 0 Å². The fraction of sp³-hybridized carbons (Fsp3) is 0.438. The molecule has 4 aromatic rings. The summed E-state index contributed by atoms with van der Waals surface area (Å²) in [5.41, 5.74) is 5.26. The van der Waals surface area contributed by atoms with Crippen LogP contribution in [0.15, 0.2) is 135 Å². The van der Waals surface area contributed by atoms with Gasteiger partial charge >= 0.3 is 0 Å². The van der Waals surface area contributed by atoms with Crippen LogP contribution in [0.1, 0.15) is 80.5 Å². The van der Waals surface area contributed by atoms with E-state index in [9.17, 15) is 0 Å². The Kier molecular flexibility index (Phi) is 21.3. The quantitative estimate of drug-likeness (QED) is 0.0545. The molecule has 0 N–H and O–H groups in total. The number of hydrogen-bond donors (Lipinski definition) is 0. The van der Waals surface area contributed by atoms with E-state index in [1.165, 1.54) is 36.0 Å². The molecule has 9 nitrogen and oxygen atoms in total. The Labute approximate surface area is 341 Å². The van der Waals surface area contributed by atoms with Crippen molar-refractivity contribution < 1.29 is 42.1 Å². The summed E-state index contributed by atoms with van der Waals surface area (Å²) in [6, 6.07) is 23.2. The first-order valence-corrected chi connectivity index (χ1v) is 20.6. The smallest absolute Gasteiger partial charge is 0.168 e. The summed E-state index contributed by atoms with van der Waals surface area (Å²) in [4.78, 5) is 0. The zero-order valence-electron chi connectivity index (χ0n) is 34.8. The van der Waals surface area contributed by atoms with Crippen molar-refractivity contribution in [3.8, 4) is 0 Å². The van der Waals surface area contributed by atoms with Crippen LogP contribution in [-0.4, -0.2) is 38.6 Å². The minimum absolute atomic E-state index is 0.177. The third-order valence-electron chi connectivity index (χ3n) is 9.57. The molecule has 0 spiro atoms. The van der Waals surface area contributed by atoms with Crippen LogP contribution in [0.25, 0.3) is 5.76 Å². The predicted molar refractivity (Wildman–Crippen MR) is 223 cm³/mol. The van der Waals surface area contributed by atoms with Crippen LogP contribution < -0.4 is 13.7 Å². The Bertz CT molecular complexity index is 1710. The van der Waals surface area contributed by atoms with Crippen molar-refractivity contribution in [2.45, 2.75) is 89.8 Å². The van der Waals surface area contributed by atoms with E-state index < -0.39 is 0 Å². The van der Waals surface area contributed by atoms with E-state index in [-0.39, 0.29) is 12.2 Å². The molecular weight excluding hydrogens is 715 g/mol. The molecule has 306 valence electrons. The van der Waals surface area contributed by atoms with Gasteiger partial charge < -0.3 is 28.4 Å². The molecule has 2 atom stereocenters. The lowest BCUT2D eigenvalue weighted by Crippen LogP contribution is -2.25. The zero-order valence-corrected chi connectivity index (χ0v) is 34.8. The molecule has 1 aromatic carbocycles. The van der Waals surface area contributed by atoms with Gasteiger partial charge in [-0.05, 0) is 94.2 Å². The molecule has 0 amide bonds. The number of rotatable bonds is 19. The van der Waals surface area contributed by atoms with E-state index in [0.717, 1.165) is 69.3 Å². The SMILES string of the molecule is CCO/C=C/OCCCCc1cc[n+](C)cc1.C[n+]1ccc(CCCCC2COC(c3ccccc3)=CO2)cc1.C[n+]1ccc(CCCCC2COC=CO2)cc1. The van der Waals surface area contributed by atoms with Crippen LogP contribution >= 0.6 is 0 Å². The number of benzene rings is 1. The van der Waals surface area contributed by atoms with Gasteiger partial charge in [-0.1, -0.05) is 30.3 Å². The largest absolute Gasteiger partial charge is 0.498 e. The average molecular weight is 781 g/mol. The van der Waals surface area contributed by atoms with E-state index in [1.54, 1.807) is 31.3 Å². The molecular formula is C48H66N3O6+3. The molecule has 0 saturated heterocycles. The number of pyridine rings is 3. The molecule has 0 radical (unpaired) electrons. The molecule has 0 fully saturated rings. The molecule has 2 aliphatic rings. The summed E-state index contributed by atoms with van der Waals surface area (Å²) in [5.74, 6) is 0.832.